The minimum absolute atomic E-state index is 0.000556. The number of aryl methyl sites for hydroxylation is 2. The normalized spacial score (nSPS) is 14.4. The van der Waals surface area contributed by atoms with Crippen molar-refractivity contribution in [3.05, 3.63) is 39.8 Å². The highest BCUT2D eigenvalue weighted by atomic mass is 32.2. The Bertz CT molecular complexity index is 933. The number of anilines is 1. The highest BCUT2D eigenvalue weighted by Crippen LogP contribution is 2.31. The lowest BCUT2D eigenvalue weighted by molar-refractivity contribution is -0.118. The molecule has 0 fully saturated rings. The third-order valence-electron chi connectivity index (χ3n) is 4.81. The number of carbonyl (C=O) groups excluding carboxylic acids is 1. The van der Waals surface area contributed by atoms with Gasteiger partial charge in [0.15, 0.2) is 0 Å². The third kappa shape index (κ3) is 4.07. The van der Waals surface area contributed by atoms with Crippen LogP contribution in [0.3, 0.4) is 0 Å². The number of carbonyl (C=O) groups is 1. The van der Waals surface area contributed by atoms with Crippen molar-refractivity contribution in [2.45, 2.75) is 44.9 Å². The van der Waals surface area contributed by atoms with Gasteiger partial charge < -0.3 is 4.90 Å². The fourth-order valence-corrected chi connectivity index (χ4v) is 5.57. The summed E-state index contributed by atoms with van der Waals surface area (Å²) in [7, 11) is -3.50. The van der Waals surface area contributed by atoms with Crippen LogP contribution in [0.15, 0.2) is 28.5 Å². The van der Waals surface area contributed by atoms with Gasteiger partial charge >= 0.3 is 0 Å². The maximum atomic E-state index is 12.8. The molecule has 0 radical (unpaired) electrons. The van der Waals surface area contributed by atoms with E-state index in [0.717, 1.165) is 34.8 Å². The van der Waals surface area contributed by atoms with Crippen molar-refractivity contribution < 1.29 is 13.2 Å². The molecule has 1 aromatic heterocycles. The van der Waals surface area contributed by atoms with E-state index < -0.39 is 10.0 Å². The summed E-state index contributed by atoms with van der Waals surface area (Å²) in [5.41, 5.74) is 2.52. The van der Waals surface area contributed by atoms with Gasteiger partial charge in [0.05, 0.1) is 22.0 Å². The van der Waals surface area contributed by atoms with E-state index in [4.69, 9.17) is 0 Å². The van der Waals surface area contributed by atoms with E-state index in [9.17, 15) is 13.2 Å². The molecule has 1 aromatic carbocycles. The molecule has 0 bridgehead atoms. The van der Waals surface area contributed by atoms with Crippen LogP contribution in [0.25, 0.3) is 0 Å². The summed E-state index contributed by atoms with van der Waals surface area (Å²) in [5.74, 6) is 0.000556. The predicted molar refractivity (Wildman–Crippen MR) is 108 cm³/mol. The van der Waals surface area contributed by atoms with E-state index in [1.807, 2.05) is 26.2 Å². The maximum absolute atomic E-state index is 12.8. The van der Waals surface area contributed by atoms with Crippen molar-refractivity contribution in [2.75, 3.05) is 24.5 Å². The van der Waals surface area contributed by atoms with Crippen LogP contribution in [-0.4, -0.2) is 43.2 Å². The Morgan fingerprint density at radius 2 is 2.04 bits per heavy atom. The summed E-state index contributed by atoms with van der Waals surface area (Å²) in [4.78, 5) is 19.2. The fraction of sp³-hybridized carbons (Fsp3) is 0.474. The molecule has 0 aliphatic carbocycles. The molecule has 1 aliphatic rings. The number of nitrogens with zero attached hydrogens (tertiary/aromatic N) is 3. The van der Waals surface area contributed by atoms with Gasteiger partial charge in [-0.25, -0.2) is 13.4 Å². The van der Waals surface area contributed by atoms with Crippen molar-refractivity contribution in [3.8, 4) is 0 Å². The van der Waals surface area contributed by atoms with Gasteiger partial charge in [0.2, 0.25) is 15.9 Å². The summed E-state index contributed by atoms with van der Waals surface area (Å²) in [6, 6.07) is 5.12. The second-order valence-corrected chi connectivity index (χ2v) is 9.56. The average Bonchev–Trinajstić information content (AvgIpc) is 3.06. The van der Waals surface area contributed by atoms with E-state index in [2.05, 4.69) is 4.98 Å². The molecule has 1 amide bonds. The molecule has 0 N–H and O–H groups in total. The predicted octanol–water partition coefficient (Wildman–Crippen LogP) is 3.00. The molecule has 3 rings (SSSR count). The number of amides is 1. The Balaban J connectivity index is 1.87. The summed E-state index contributed by atoms with van der Waals surface area (Å²) in [6.45, 7) is 7.12. The first-order valence-corrected chi connectivity index (χ1v) is 11.5. The molecule has 0 spiro atoms. The number of rotatable bonds is 6. The smallest absolute Gasteiger partial charge is 0.243 e. The third-order valence-corrected chi connectivity index (χ3v) is 7.68. The Morgan fingerprint density at radius 3 is 2.67 bits per heavy atom. The van der Waals surface area contributed by atoms with Gasteiger partial charge in [-0.15, -0.1) is 11.3 Å². The van der Waals surface area contributed by atoms with E-state index in [1.165, 1.54) is 15.6 Å². The first-order chi connectivity index (χ1) is 12.9. The van der Waals surface area contributed by atoms with Gasteiger partial charge in [0, 0.05) is 30.7 Å². The largest absolute Gasteiger partial charge is 0.312 e. The number of hydrogen-bond donors (Lipinski definition) is 0. The quantitative estimate of drug-likeness (QED) is 0.738. The first kappa shape index (κ1) is 20.0. The summed E-state index contributed by atoms with van der Waals surface area (Å²) in [5, 5.41) is 2.86. The number of sulfonamides is 1. The molecular formula is C19H25N3O3S2. The Labute approximate surface area is 164 Å². The van der Waals surface area contributed by atoms with Gasteiger partial charge in [-0.3, -0.25) is 4.79 Å². The van der Waals surface area contributed by atoms with Gasteiger partial charge in [0.25, 0.3) is 0 Å². The van der Waals surface area contributed by atoms with E-state index >= 15 is 0 Å². The van der Waals surface area contributed by atoms with Crippen LogP contribution < -0.4 is 4.90 Å². The topological polar surface area (TPSA) is 70.6 Å². The summed E-state index contributed by atoms with van der Waals surface area (Å²) >= 11 is 1.54. The molecule has 2 heterocycles. The van der Waals surface area contributed by atoms with Gasteiger partial charge in [-0.1, -0.05) is 13.8 Å². The van der Waals surface area contributed by atoms with Crippen LogP contribution >= 0.6 is 11.3 Å². The molecule has 8 heteroatoms. The minimum Gasteiger partial charge on any atom is -0.312 e. The van der Waals surface area contributed by atoms with Crippen molar-refractivity contribution >= 4 is 33.0 Å². The zero-order valence-electron chi connectivity index (χ0n) is 15.9. The van der Waals surface area contributed by atoms with Crippen LogP contribution in [0.4, 0.5) is 5.69 Å². The molecule has 146 valence electrons. The van der Waals surface area contributed by atoms with Crippen LogP contribution in [0, 0.1) is 6.92 Å². The van der Waals surface area contributed by atoms with E-state index in [-0.39, 0.29) is 12.3 Å². The maximum Gasteiger partial charge on any atom is 0.243 e. The number of thiazole rings is 1. The van der Waals surface area contributed by atoms with Crippen molar-refractivity contribution in [1.29, 1.82) is 0 Å². The van der Waals surface area contributed by atoms with E-state index in [1.54, 1.807) is 23.1 Å². The zero-order chi connectivity index (χ0) is 19.6. The molecule has 2 aromatic rings. The van der Waals surface area contributed by atoms with Crippen LogP contribution in [0.2, 0.25) is 0 Å². The van der Waals surface area contributed by atoms with Crippen molar-refractivity contribution in [1.82, 2.24) is 9.29 Å². The van der Waals surface area contributed by atoms with Crippen LogP contribution in [0.5, 0.6) is 0 Å². The van der Waals surface area contributed by atoms with Gasteiger partial charge in [-0.2, -0.15) is 4.31 Å². The highest BCUT2D eigenvalue weighted by molar-refractivity contribution is 7.89. The van der Waals surface area contributed by atoms with Crippen LogP contribution in [-0.2, 0) is 27.7 Å². The Kier molecular flexibility index (Phi) is 5.98. The molecule has 6 nitrogen and oxygen atoms in total. The fourth-order valence-electron chi connectivity index (χ4n) is 3.45. The molecule has 0 saturated carbocycles. The molecule has 0 unspecified atom stereocenters. The number of aromatic nitrogens is 1. The number of benzene rings is 1. The van der Waals surface area contributed by atoms with Gasteiger partial charge in [0.1, 0.15) is 0 Å². The van der Waals surface area contributed by atoms with Crippen molar-refractivity contribution in [2.24, 2.45) is 0 Å². The molecule has 27 heavy (non-hydrogen) atoms. The molecule has 0 atom stereocenters. The Hall–Kier alpha value is -1.77. The zero-order valence-corrected chi connectivity index (χ0v) is 17.6. The average molecular weight is 408 g/mol. The van der Waals surface area contributed by atoms with Crippen LogP contribution in [0.1, 0.15) is 36.5 Å². The monoisotopic (exact) mass is 407 g/mol. The SMILES string of the molecule is CCN(CC)S(=O)(=O)c1ccc2c(c1)CCCN2C(=O)Cc1csc(C)n1. The lowest BCUT2D eigenvalue weighted by atomic mass is 10.0. The first-order valence-electron chi connectivity index (χ1n) is 9.21. The summed E-state index contributed by atoms with van der Waals surface area (Å²) in [6.07, 6.45) is 1.86. The van der Waals surface area contributed by atoms with E-state index in [0.29, 0.717) is 24.5 Å². The second kappa shape index (κ2) is 8.08. The van der Waals surface area contributed by atoms with Crippen molar-refractivity contribution in [3.63, 3.8) is 0 Å². The Morgan fingerprint density at radius 1 is 1.30 bits per heavy atom. The minimum atomic E-state index is -3.50. The standard InChI is InChI=1S/C19H25N3O3S2/c1-4-21(5-2)27(24,25)17-8-9-18-15(11-17)7-6-10-22(18)19(23)12-16-13-26-14(3)20-16/h8-9,11,13H,4-7,10,12H2,1-3H3. The lowest BCUT2D eigenvalue weighted by Crippen LogP contribution is -2.37. The lowest BCUT2D eigenvalue weighted by Gasteiger charge is -2.30. The highest BCUT2D eigenvalue weighted by Gasteiger charge is 2.27. The molecular weight excluding hydrogens is 382 g/mol. The number of fused-ring (bicyclic) bond motifs is 1. The molecule has 0 saturated heterocycles. The summed E-state index contributed by atoms with van der Waals surface area (Å²) < 4.78 is 27.0. The second-order valence-electron chi connectivity index (χ2n) is 6.56. The van der Waals surface area contributed by atoms with Gasteiger partial charge in [-0.05, 0) is 43.5 Å². The number of hydrogen-bond acceptors (Lipinski definition) is 5. The molecule has 1 aliphatic heterocycles.